The highest BCUT2D eigenvalue weighted by Gasteiger charge is 2.26. The lowest BCUT2D eigenvalue weighted by molar-refractivity contribution is -0.141. The van der Waals surface area contributed by atoms with Crippen molar-refractivity contribution in [2.45, 2.75) is 31.1 Å². The highest BCUT2D eigenvalue weighted by Crippen LogP contribution is 2.41. The minimum atomic E-state index is -0.420. The zero-order chi connectivity index (χ0) is 22.0. The highest BCUT2D eigenvalue weighted by molar-refractivity contribution is 14.1. The number of benzene rings is 1. The second-order valence-electron chi connectivity index (χ2n) is 6.94. The first kappa shape index (κ1) is 22.6. The Morgan fingerprint density at radius 2 is 2.03 bits per heavy atom. The molecule has 0 fully saturated rings. The fourth-order valence-electron chi connectivity index (χ4n) is 3.82. The number of fused-ring (bicyclic) bond motifs is 1. The van der Waals surface area contributed by atoms with Gasteiger partial charge in [-0.3, -0.25) is 9.89 Å². The lowest BCUT2D eigenvalue weighted by Gasteiger charge is -2.11. The van der Waals surface area contributed by atoms with E-state index in [0.717, 1.165) is 43.4 Å². The number of methoxy groups -OCH3 is 1. The van der Waals surface area contributed by atoms with Gasteiger partial charge in [-0.15, -0.1) is 0 Å². The number of rotatable bonds is 7. The summed E-state index contributed by atoms with van der Waals surface area (Å²) in [6.07, 6.45) is 1.14. The number of carbonyl (C=O) groups excluding carboxylic acids is 2. The van der Waals surface area contributed by atoms with Crippen LogP contribution in [0.5, 0.6) is 0 Å². The van der Waals surface area contributed by atoms with Gasteiger partial charge in [-0.05, 0) is 31.4 Å². The molecule has 1 N–H and O–H groups in total. The Morgan fingerprint density at radius 1 is 1.30 bits per heavy atom. The molecule has 0 radical (unpaired) electrons. The summed E-state index contributed by atoms with van der Waals surface area (Å²) in [5.74, 6) is -0.742. The molecule has 0 aliphatic rings. The third-order valence-electron chi connectivity index (χ3n) is 5.07. The van der Waals surface area contributed by atoms with E-state index in [2.05, 4.69) is 32.8 Å². The molecular formula is C21H23ClIN3O4. The summed E-state index contributed by atoms with van der Waals surface area (Å²) in [5.41, 5.74) is 5.76. The van der Waals surface area contributed by atoms with Gasteiger partial charge < -0.3 is 14.0 Å². The van der Waals surface area contributed by atoms with Crippen LogP contribution in [-0.4, -0.2) is 40.4 Å². The number of hydrogen-bond donors (Lipinski definition) is 1. The Bertz CT molecular complexity index is 1120. The van der Waals surface area contributed by atoms with Gasteiger partial charge in [0.25, 0.3) is 0 Å². The van der Waals surface area contributed by atoms with Gasteiger partial charge in [0.05, 0.1) is 35.6 Å². The number of aromatic amines is 1. The second kappa shape index (κ2) is 9.38. The highest BCUT2D eigenvalue weighted by atomic mass is 127. The number of H-pyrrole nitrogens is 1. The van der Waals surface area contributed by atoms with Crippen LogP contribution in [0.25, 0.3) is 22.0 Å². The first-order valence-electron chi connectivity index (χ1n) is 9.43. The molecule has 0 unspecified atom stereocenters. The molecule has 0 atom stereocenters. The number of aromatic nitrogens is 3. The third-order valence-corrected chi connectivity index (χ3v) is 6.15. The predicted octanol–water partition coefficient (Wildman–Crippen LogP) is 4.75. The predicted molar refractivity (Wildman–Crippen MR) is 124 cm³/mol. The van der Waals surface area contributed by atoms with E-state index in [1.54, 1.807) is 0 Å². The van der Waals surface area contributed by atoms with Gasteiger partial charge in [0, 0.05) is 34.9 Å². The van der Waals surface area contributed by atoms with Crippen LogP contribution < -0.4 is 0 Å². The third kappa shape index (κ3) is 4.07. The van der Waals surface area contributed by atoms with Crippen molar-refractivity contribution in [3.05, 3.63) is 39.8 Å². The summed E-state index contributed by atoms with van der Waals surface area (Å²) in [7, 11) is 3.20. The van der Waals surface area contributed by atoms with E-state index in [1.807, 2.05) is 30.7 Å². The molecule has 7 nitrogen and oxygen atoms in total. The van der Waals surface area contributed by atoms with Gasteiger partial charge in [-0.2, -0.15) is 5.10 Å². The van der Waals surface area contributed by atoms with E-state index < -0.39 is 5.97 Å². The lowest BCUT2D eigenvalue weighted by atomic mass is 9.98. The molecule has 3 rings (SSSR count). The standard InChI is InChI=1S/C21H23ClIN3O4/c1-11-17(16(10-23)25-24-11)18-15(22)8-7-14-13(6-5-9-30-12(2)27)20(21(28)29-4)26(3)19(14)18/h7-8H,5-6,9-10H2,1-4H3,(H,24,25). The largest absolute Gasteiger partial charge is 0.466 e. The number of ether oxygens (including phenoxy) is 2. The molecule has 3 aromatic rings. The lowest BCUT2D eigenvalue weighted by Crippen LogP contribution is -2.11. The summed E-state index contributed by atoms with van der Waals surface area (Å²) in [4.78, 5) is 23.7. The van der Waals surface area contributed by atoms with Crippen LogP contribution in [0.2, 0.25) is 5.02 Å². The van der Waals surface area contributed by atoms with Gasteiger partial charge in [0.1, 0.15) is 5.69 Å². The van der Waals surface area contributed by atoms with Crippen LogP contribution in [-0.2, 0) is 32.2 Å². The zero-order valence-electron chi connectivity index (χ0n) is 17.3. The van der Waals surface area contributed by atoms with Crippen molar-refractivity contribution >= 4 is 57.0 Å². The minimum absolute atomic E-state index is 0.284. The summed E-state index contributed by atoms with van der Waals surface area (Å²) >= 11 is 8.96. The fourth-order valence-corrected chi connectivity index (χ4v) is 4.62. The van der Waals surface area contributed by atoms with E-state index in [-0.39, 0.29) is 12.6 Å². The molecule has 1 aromatic carbocycles. The SMILES string of the molecule is COC(=O)c1c(CCCOC(C)=O)c2ccc(Cl)c(-c3c(C)n[nH]c3CI)c2n1C. The number of halogens is 2. The van der Waals surface area contributed by atoms with E-state index >= 15 is 0 Å². The summed E-state index contributed by atoms with van der Waals surface area (Å²) in [5, 5.41) is 8.94. The van der Waals surface area contributed by atoms with E-state index in [0.29, 0.717) is 23.6 Å². The maximum atomic E-state index is 12.7. The van der Waals surface area contributed by atoms with Crippen molar-refractivity contribution in [1.82, 2.24) is 14.8 Å². The van der Waals surface area contributed by atoms with Crippen LogP contribution in [0.1, 0.15) is 40.8 Å². The maximum absolute atomic E-state index is 12.7. The van der Waals surface area contributed by atoms with E-state index in [9.17, 15) is 9.59 Å². The van der Waals surface area contributed by atoms with Crippen LogP contribution in [0.4, 0.5) is 0 Å². The molecule has 30 heavy (non-hydrogen) atoms. The van der Waals surface area contributed by atoms with Crippen LogP contribution in [0.3, 0.4) is 0 Å². The van der Waals surface area contributed by atoms with Crippen molar-refractivity contribution in [2.75, 3.05) is 13.7 Å². The number of hydrogen-bond acceptors (Lipinski definition) is 5. The van der Waals surface area contributed by atoms with Crippen LogP contribution >= 0.6 is 34.2 Å². The molecule has 0 spiro atoms. The topological polar surface area (TPSA) is 86.2 Å². The summed E-state index contributed by atoms with van der Waals surface area (Å²) < 4.78 is 12.7. The molecule has 2 heterocycles. The zero-order valence-corrected chi connectivity index (χ0v) is 20.2. The maximum Gasteiger partial charge on any atom is 0.354 e. The van der Waals surface area contributed by atoms with Gasteiger partial charge in [-0.25, -0.2) is 4.79 Å². The van der Waals surface area contributed by atoms with Crippen molar-refractivity contribution in [2.24, 2.45) is 7.05 Å². The second-order valence-corrected chi connectivity index (χ2v) is 8.11. The van der Waals surface area contributed by atoms with Crippen molar-refractivity contribution in [1.29, 1.82) is 0 Å². The average molecular weight is 544 g/mol. The first-order valence-corrected chi connectivity index (χ1v) is 11.3. The number of esters is 2. The molecule has 0 aliphatic carbocycles. The molecular weight excluding hydrogens is 521 g/mol. The minimum Gasteiger partial charge on any atom is -0.466 e. The van der Waals surface area contributed by atoms with Gasteiger partial charge >= 0.3 is 11.9 Å². The Morgan fingerprint density at radius 3 is 2.67 bits per heavy atom. The van der Waals surface area contributed by atoms with Crippen molar-refractivity contribution in [3.63, 3.8) is 0 Å². The number of nitrogens with zero attached hydrogens (tertiary/aromatic N) is 2. The molecule has 0 aliphatic heterocycles. The quantitative estimate of drug-likeness (QED) is 0.201. The van der Waals surface area contributed by atoms with E-state index in [4.69, 9.17) is 21.1 Å². The molecule has 0 saturated carbocycles. The summed E-state index contributed by atoms with van der Waals surface area (Å²) in [6, 6.07) is 3.77. The Labute approximate surface area is 193 Å². The normalized spacial score (nSPS) is 11.1. The number of carbonyl (C=O) groups is 2. The monoisotopic (exact) mass is 543 g/mol. The molecule has 0 saturated heterocycles. The average Bonchev–Trinajstić information content (AvgIpc) is 3.22. The molecule has 160 valence electrons. The smallest absolute Gasteiger partial charge is 0.354 e. The number of aryl methyl sites for hydroxylation is 3. The molecule has 0 amide bonds. The molecule has 9 heteroatoms. The van der Waals surface area contributed by atoms with Crippen LogP contribution in [0, 0.1) is 6.92 Å². The van der Waals surface area contributed by atoms with Crippen molar-refractivity contribution < 1.29 is 19.1 Å². The van der Waals surface area contributed by atoms with Gasteiger partial charge in [0.2, 0.25) is 0 Å². The van der Waals surface area contributed by atoms with Gasteiger partial charge in [0.15, 0.2) is 0 Å². The Balaban J connectivity index is 2.25. The number of nitrogens with one attached hydrogen (secondary N) is 1. The van der Waals surface area contributed by atoms with Crippen LogP contribution in [0.15, 0.2) is 12.1 Å². The van der Waals surface area contributed by atoms with E-state index in [1.165, 1.54) is 14.0 Å². The first-order chi connectivity index (χ1) is 14.3. The molecule has 0 bridgehead atoms. The van der Waals surface area contributed by atoms with Crippen molar-refractivity contribution in [3.8, 4) is 11.1 Å². The Kier molecular flexibility index (Phi) is 7.07. The fraction of sp³-hybridized carbons (Fsp3) is 0.381. The molecule has 2 aromatic heterocycles. The Hall–Kier alpha value is -2.07. The summed E-state index contributed by atoms with van der Waals surface area (Å²) in [6.45, 7) is 3.59. The number of alkyl halides is 1. The van der Waals surface area contributed by atoms with Gasteiger partial charge in [-0.1, -0.05) is 40.3 Å².